The van der Waals surface area contributed by atoms with Crippen LogP contribution in [-0.4, -0.2) is 11.8 Å². The zero-order chi connectivity index (χ0) is 14.5. The van der Waals surface area contributed by atoms with Gasteiger partial charge in [-0.25, -0.2) is 0 Å². The van der Waals surface area contributed by atoms with E-state index in [-0.39, 0.29) is 17.7 Å². The molecule has 20 heavy (non-hydrogen) atoms. The maximum atomic E-state index is 12.3. The van der Waals surface area contributed by atoms with Crippen LogP contribution in [0.4, 0.5) is 11.4 Å². The number of carbonyl (C=O) groups excluding carboxylic acids is 2. The lowest BCUT2D eigenvalue weighted by atomic mass is 9.88. The fourth-order valence-corrected chi connectivity index (χ4v) is 2.64. The summed E-state index contributed by atoms with van der Waals surface area (Å²) in [7, 11) is 0. The van der Waals surface area contributed by atoms with Crippen molar-refractivity contribution in [3.8, 4) is 0 Å². The minimum absolute atomic E-state index is 0.104. The molecule has 1 fully saturated rings. The Morgan fingerprint density at radius 2 is 1.80 bits per heavy atom. The van der Waals surface area contributed by atoms with Gasteiger partial charge < -0.3 is 10.6 Å². The molecule has 108 valence electrons. The van der Waals surface area contributed by atoms with Crippen molar-refractivity contribution in [1.29, 1.82) is 0 Å². The van der Waals surface area contributed by atoms with E-state index in [1.165, 1.54) is 13.3 Å². The van der Waals surface area contributed by atoms with Gasteiger partial charge in [0.1, 0.15) is 0 Å². The average molecular weight is 274 g/mol. The Labute approximate surface area is 119 Å². The number of aryl methyl sites for hydroxylation is 1. The van der Waals surface area contributed by atoms with Gasteiger partial charge in [0.2, 0.25) is 11.8 Å². The third-order valence-electron chi connectivity index (χ3n) is 3.79. The molecule has 2 N–H and O–H groups in total. The van der Waals surface area contributed by atoms with Crippen LogP contribution in [0.15, 0.2) is 18.2 Å². The highest BCUT2D eigenvalue weighted by atomic mass is 16.2. The molecule has 0 bridgehead atoms. The maximum Gasteiger partial charge on any atom is 0.227 e. The van der Waals surface area contributed by atoms with Crippen molar-refractivity contribution in [1.82, 2.24) is 0 Å². The van der Waals surface area contributed by atoms with Gasteiger partial charge in [0.25, 0.3) is 0 Å². The Balaban J connectivity index is 2.07. The summed E-state index contributed by atoms with van der Waals surface area (Å²) in [6.07, 6.45) is 5.49. The van der Waals surface area contributed by atoms with E-state index in [1.807, 2.05) is 25.1 Å². The fraction of sp³-hybridized carbons (Fsp3) is 0.500. The van der Waals surface area contributed by atoms with Crippen molar-refractivity contribution in [3.05, 3.63) is 23.8 Å². The van der Waals surface area contributed by atoms with Crippen LogP contribution in [-0.2, 0) is 9.59 Å². The topological polar surface area (TPSA) is 58.2 Å². The predicted molar refractivity (Wildman–Crippen MR) is 80.7 cm³/mol. The zero-order valence-corrected chi connectivity index (χ0v) is 12.2. The Morgan fingerprint density at radius 3 is 2.45 bits per heavy atom. The lowest BCUT2D eigenvalue weighted by molar-refractivity contribution is -0.120. The van der Waals surface area contributed by atoms with Gasteiger partial charge in [-0.05, 0) is 37.5 Å². The van der Waals surface area contributed by atoms with Crippen molar-refractivity contribution >= 4 is 23.2 Å². The molecular weight excluding hydrogens is 252 g/mol. The zero-order valence-electron chi connectivity index (χ0n) is 12.2. The van der Waals surface area contributed by atoms with Crippen LogP contribution in [0.1, 0.15) is 44.6 Å². The Kier molecular flexibility index (Phi) is 4.77. The molecule has 0 heterocycles. The Morgan fingerprint density at radius 1 is 1.10 bits per heavy atom. The number of hydrogen-bond donors (Lipinski definition) is 2. The lowest BCUT2D eigenvalue weighted by Gasteiger charge is -2.21. The number of nitrogens with one attached hydrogen (secondary N) is 2. The van der Waals surface area contributed by atoms with Gasteiger partial charge in [-0.3, -0.25) is 9.59 Å². The number of hydrogen-bond acceptors (Lipinski definition) is 2. The van der Waals surface area contributed by atoms with Crippen molar-refractivity contribution < 1.29 is 9.59 Å². The molecule has 1 aliphatic rings. The van der Waals surface area contributed by atoms with Crippen LogP contribution in [0.2, 0.25) is 0 Å². The fourth-order valence-electron chi connectivity index (χ4n) is 2.64. The summed E-state index contributed by atoms with van der Waals surface area (Å²) < 4.78 is 0. The molecule has 0 spiro atoms. The first-order valence-electron chi connectivity index (χ1n) is 7.25. The average Bonchev–Trinajstić information content (AvgIpc) is 2.43. The van der Waals surface area contributed by atoms with Crippen LogP contribution < -0.4 is 10.6 Å². The van der Waals surface area contributed by atoms with Gasteiger partial charge in [-0.2, -0.15) is 0 Å². The number of benzene rings is 1. The van der Waals surface area contributed by atoms with Crippen LogP contribution in [0.3, 0.4) is 0 Å². The summed E-state index contributed by atoms with van der Waals surface area (Å²) in [5, 5.41) is 5.74. The summed E-state index contributed by atoms with van der Waals surface area (Å²) in [5.74, 6) is 0.124. The van der Waals surface area contributed by atoms with Gasteiger partial charge in [0.15, 0.2) is 0 Å². The van der Waals surface area contributed by atoms with Gasteiger partial charge in [-0.15, -0.1) is 0 Å². The van der Waals surface area contributed by atoms with Crippen molar-refractivity contribution in [2.24, 2.45) is 5.92 Å². The number of amides is 2. The molecule has 1 aromatic carbocycles. The predicted octanol–water partition coefficient (Wildman–Crippen LogP) is 3.47. The summed E-state index contributed by atoms with van der Waals surface area (Å²) in [4.78, 5) is 23.3. The van der Waals surface area contributed by atoms with Gasteiger partial charge in [0, 0.05) is 24.2 Å². The largest absolute Gasteiger partial charge is 0.326 e. The smallest absolute Gasteiger partial charge is 0.227 e. The Hall–Kier alpha value is -1.84. The summed E-state index contributed by atoms with van der Waals surface area (Å²) >= 11 is 0. The SMILES string of the molecule is CC(=O)Nc1ccc(C)c(NC(=O)C2CCCCC2)c1. The van der Waals surface area contributed by atoms with E-state index < -0.39 is 0 Å². The van der Waals surface area contributed by atoms with E-state index in [1.54, 1.807) is 0 Å². The molecule has 0 radical (unpaired) electrons. The van der Waals surface area contributed by atoms with Crippen LogP contribution in [0.5, 0.6) is 0 Å². The molecule has 0 saturated heterocycles. The lowest BCUT2D eigenvalue weighted by Crippen LogP contribution is -2.25. The van der Waals surface area contributed by atoms with E-state index in [0.717, 1.165) is 36.9 Å². The second-order valence-electron chi connectivity index (χ2n) is 5.54. The standard InChI is InChI=1S/C16H22N2O2/c1-11-8-9-14(17-12(2)19)10-15(11)18-16(20)13-6-4-3-5-7-13/h8-10,13H,3-7H2,1-2H3,(H,17,19)(H,18,20). The molecule has 0 aliphatic heterocycles. The highest BCUT2D eigenvalue weighted by Gasteiger charge is 2.21. The molecule has 2 rings (SSSR count). The molecule has 0 atom stereocenters. The van der Waals surface area contributed by atoms with Crippen LogP contribution in [0, 0.1) is 12.8 Å². The number of carbonyl (C=O) groups is 2. The van der Waals surface area contributed by atoms with E-state index >= 15 is 0 Å². The highest BCUT2D eigenvalue weighted by molar-refractivity contribution is 5.95. The quantitative estimate of drug-likeness (QED) is 0.886. The molecule has 4 heteroatoms. The van der Waals surface area contributed by atoms with Crippen molar-refractivity contribution in [3.63, 3.8) is 0 Å². The van der Waals surface area contributed by atoms with Crippen molar-refractivity contribution in [2.75, 3.05) is 10.6 Å². The second kappa shape index (κ2) is 6.55. The van der Waals surface area contributed by atoms with E-state index in [4.69, 9.17) is 0 Å². The van der Waals surface area contributed by atoms with Crippen LogP contribution in [0.25, 0.3) is 0 Å². The summed E-state index contributed by atoms with van der Waals surface area (Å²) in [5.41, 5.74) is 2.50. The first-order valence-corrected chi connectivity index (χ1v) is 7.25. The molecule has 0 aromatic heterocycles. The molecule has 1 saturated carbocycles. The maximum absolute atomic E-state index is 12.3. The van der Waals surface area contributed by atoms with Gasteiger partial charge in [0.05, 0.1) is 0 Å². The normalized spacial score (nSPS) is 15.7. The van der Waals surface area contributed by atoms with Crippen LogP contribution >= 0.6 is 0 Å². The van der Waals surface area contributed by atoms with Gasteiger partial charge in [-0.1, -0.05) is 25.3 Å². The van der Waals surface area contributed by atoms with E-state index in [0.29, 0.717) is 5.69 Å². The highest BCUT2D eigenvalue weighted by Crippen LogP contribution is 2.26. The number of rotatable bonds is 3. The van der Waals surface area contributed by atoms with Gasteiger partial charge >= 0.3 is 0 Å². The first-order chi connectivity index (χ1) is 9.56. The third-order valence-corrected chi connectivity index (χ3v) is 3.79. The third kappa shape index (κ3) is 3.83. The second-order valence-corrected chi connectivity index (χ2v) is 5.54. The minimum Gasteiger partial charge on any atom is -0.326 e. The van der Waals surface area contributed by atoms with Crippen molar-refractivity contribution in [2.45, 2.75) is 46.0 Å². The first kappa shape index (κ1) is 14.6. The molecule has 0 unspecified atom stereocenters. The molecule has 1 aliphatic carbocycles. The minimum atomic E-state index is -0.113. The Bertz CT molecular complexity index is 505. The van der Waals surface area contributed by atoms with E-state index in [2.05, 4.69) is 10.6 Å². The number of anilines is 2. The summed E-state index contributed by atoms with van der Waals surface area (Å²) in [6, 6.07) is 5.56. The monoisotopic (exact) mass is 274 g/mol. The molecular formula is C16H22N2O2. The van der Waals surface area contributed by atoms with E-state index in [9.17, 15) is 9.59 Å². The molecule has 2 amide bonds. The molecule has 1 aromatic rings. The summed E-state index contributed by atoms with van der Waals surface area (Å²) in [6.45, 7) is 3.42. The molecule has 4 nitrogen and oxygen atoms in total.